The lowest BCUT2D eigenvalue weighted by atomic mass is 9.90. The van der Waals surface area contributed by atoms with E-state index < -0.39 is 0 Å². The Morgan fingerprint density at radius 3 is 2.82 bits per heavy atom. The molecule has 1 aromatic rings. The highest BCUT2D eigenvalue weighted by Gasteiger charge is 2.40. The lowest BCUT2D eigenvalue weighted by Gasteiger charge is -2.33. The van der Waals surface area contributed by atoms with Crippen LogP contribution in [-0.4, -0.2) is 32.2 Å². The summed E-state index contributed by atoms with van der Waals surface area (Å²) in [5, 5.41) is 0. The van der Waals surface area contributed by atoms with E-state index in [1.54, 1.807) is 7.11 Å². The number of ether oxygens (including phenoxy) is 3. The van der Waals surface area contributed by atoms with Crippen LogP contribution in [-0.2, 0) is 20.9 Å². The molecule has 0 spiro atoms. The van der Waals surface area contributed by atoms with Crippen molar-refractivity contribution in [3.05, 3.63) is 29.8 Å². The van der Waals surface area contributed by atoms with Gasteiger partial charge in [-0.15, -0.1) is 0 Å². The van der Waals surface area contributed by atoms with Crippen molar-refractivity contribution in [3.63, 3.8) is 0 Å². The maximum absolute atomic E-state index is 11.2. The van der Waals surface area contributed by atoms with Gasteiger partial charge < -0.3 is 14.2 Å². The van der Waals surface area contributed by atoms with Gasteiger partial charge in [0.2, 0.25) is 0 Å². The van der Waals surface area contributed by atoms with E-state index in [4.69, 9.17) is 14.2 Å². The first kappa shape index (κ1) is 12.1. The molecule has 2 atom stereocenters. The third-order valence-electron chi connectivity index (χ3n) is 2.91. The topological polar surface area (TPSA) is 44.8 Å². The van der Waals surface area contributed by atoms with Crippen molar-refractivity contribution in [2.24, 2.45) is 0 Å². The van der Waals surface area contributed by atoms with Crippen molar-refractivity contribution in [2.75, 3.05) is 14.2 Å². The van der Waals surface area contributed by atoms with Crippen LogP contribution < -0.4 is 4.74 Å². The van der Waals surface area contributed by atoms with Crippen LogP contribution in [0.3, 0.4) is 0 Å². The quantitative estimate of drug-likeness (QED) is 0.778. The van der Waals surface area contributed by atoms with Crippen molar-refractivity contribution in [1.82, 2.24) is 0 Å². The molecule has 1 fully saturated rings. The number of benzene rings is 1. The largest absolute Gasteiger partial charge is 0.497 e. The highest BCUT2D eigenvalue weighted by Crippen LogP contribution is 2.24. The molecular formula is C13H16O4. The number of methoxy groups -OCH3 is 2. The zero-order valence-corrected chi connectivity index (χ0v) is 10.0. The molecule has 0 saturated heterocycles. The lowest BCUT2D eigenvalue weighted by Crippen LogP contribution is -2.49. The molecule has 4 heteroatoms. The molecule has 0 amide bonds. The maximum Gasteiger partial charge on any atom is 0.166 e. The van der Waals surface area contributed by atoms with Crippen LogP contribution in [0.15, 0.2) is 24.3 Å². The highest BCUT2D eigenvalue weighted by molar-refractivity contribution is 5.90. The van der Waals surface area contributed by atoms with Crippen LogP contribution in [0.25, 0.3) is 0 Å². The summed E-state index contributed by atoms with van der Waals surface area (Å²) in [6.07, 6.45) is -0.0537. The van der Waals surface area contributed by atoms with Crippen LogP contribution in [0, 0.1) is 0 Å². The smallest absolute Gasteiger partial charge is 0.166 e. The van der Waals surface area contributed by atoms with Crippen LogP contribution >= 0.6 is 0 Å². The lowest BCUT2D eigenvalue weighted by molar-refractivity contribution is -0.163. The Morgan fingerprint density at radius 2 is 2.18 bits per heavy atom. The molecule has 4 nitrogen and oxygen atoms in total. The molecule has 0 N–H and O–H groups in total. The number of Topliss-reactive ketones (excluding diaryl/α,β-unsaturated/α-hetero) is 1. The Balaban J connectivity index is 1.87. The molecule has 1 aliphatic rings. The predicted molar refractivity (Wildman–Crippen MR) is 62.0 cm³/mol. The number of hydrogen-bond acceptors (Lipinski definition) is 4. The maximum atomic E-state index is 11.2. The fourth-order valence-electron chi connectivity index (χ4n) is 1.86. The summed E-state index contributed by atoms with van der Waals surface area (Å²) in [6, 6.07) is 7.68. The van der Waals surface area contributed by atoms with Gasteiger partial charge in [0.15, 0.2) is 5.78 Å². The van der Waals surface area contributed by atoms with E-state index in [1.165, 1.54) is 7.11 Å². The van der Waals surface area contributed by atoms with E-state index >= 15 is 0 Å². The molecule has 0 bridgehead atoms. The van der Waals surface area contributed by atoms with Gasteiger partial charge in [-0.25, -0.2) is 0 Å². The first-order valence-electron chi connectivity index (χ1n) is 5.54. The molecule has 2 unspecified atom stereocenters. The van der Waals surface area contributed by atoms with Gasteiger partial charge in [-0.2, -0.15) is 0 Å². The fraction of sp³-hybridized carbons (Fsp3) is 0.462. The molecule has 2 rings (SSSR count). The van der Waals surface area contributed by atoms with E-state index in [0.717, 1.165) is 11.3 Å². The molecule has 0 aromatic heterocycles. The molecule has 1 aliphatic carbocycles. The second-order valence-corrected chi connectivity index (χ2v) is 4.03. The first-order chi connectivity index (χ1) is 8.24. The Bertz CT molecular complexity index is 402. The Labute approximate surface area is 100 Å². The van der Waals surface area contributed by atoms with Crippen LogP contribution in [0.2, 0.25) is 0 Å². The molecule has 1 aromatic carbocycles. The van der Waals surface area contributed by atoms with Gasteiger partial charge in [-0.1, -0.05) is 12.1 Å². The minimum Gasteiger partial charge on any atom is -0.497 e. The monoisotopic (exact) mass is 236 g/mol. The normalized spacial score (nSPS) is 23.3. The average Bonchev–Trinajstić information content (AvgIpc) is 2.35. The molecule has 0 heterocycles. The van der Waals surface area contributed by atoms with Crippen LogP contribution in [0.4, 0.5) is 0 Å². The number of hydrogen-bond donors (Lipinski definition) is 0. The van der Waals surface area contributed by atoms with Crippen molar-refractivity contribution in [1.29, 1.82) is 0 Å². The second kappa shape index (κ2) is 5.29. The number of carbonyl (C=O) groups is 1. The second-order valence-electron chi connectivity index (χ2n) is 4.03. The number of ketones is 1. The summed E-state index contributed by atoms with van der Waals surface area (Å²) in [7, 11) is 3.16. The molecule has 17 heavy (non-hydrogen) atoms. The predicted octanol–water partition coefficient (Wildman–Crippen LogP) is 1.57. The Morgan fingerprint density at radius 1 is 1.35 bits per heavy atom. The zero-order chi connectivity index (χ0) is 12.3. The summed E-state index contributed by atoms with van der Waals surface area (Å²) in [6.45, 7) is 0.467. The molecule has 0 radical (unpaired) electrons. The van der Waals surface area contributed by atoms with Gasteiger partial charge in [-0.05, 0) is 17.7 Å². The van der Waals surface area contributed by atoms with Gasteiger partial charge in [-0.3, -0.25) is 4.79 Å². The van der Waals surface area contributed by atoms with Gasteiger partial charge in [0.05, 0.1) is 19.8 Å². The van der Waals surface area contributed by atoms with Crippen LogP contribution in [0.1, 0.15) is 12.0 Å². The number of rotatable bonds is 5. The third-order valence-corrected chi connectivity index (χ3v) is 2.91. The standard InChI is InChI=1S/C13H16O4/c1-15-10-5-3-4-9(6-10)8-17-12-7-11(14)13(12)16-2/h3-6,12-13H,7-8H2,1-2H3. The summed E-state index contributed by atoms with van der Waals surface area (Å²) in [5.74, 6) is 0.919. The molecule has 92 valence electrons. The van der Waals surface area contributed by atoms with Crippen molar-refractivity contribution in [3.8, 4) is 5.75 Å². The first-order valence-corrected chi connectivity index (χ1v) is 5.54. The average molecular weight is 236 g/mol. The van der Waals surface area contributed by atoms with E-state index in [0.29, 0.717) is 13.0 Å². The molecular weight excluding hydrogens is 220 g/mol. The van der Waals surface area contributed by atoms with Gasteiger partial charge in [0.25, 0.3) is 0 Å². The minimum atomic E-state index is -0.388. The SMILES string of the molecule is COc1cccc(COC2CC(=O)C2OC)c1. The van der Waals surface area contributed by atoms with E-state index in [9.17, 15) is 4.79 Å². The summed E-state index contributed by atoms with van der Waals surface area (Å²) in [5.41, 5.74) is 1.03. The highest BCUT2D eigenvalue weighted by atomic mass is 16.5. The third kappa shape index (κ3) is 2.65. The summed E-state index contributed by atoms with van der Waals surface area (Å²) < 4.78 is 15.8. The van der Waals surface area contributed by atoms with Gasteiger partial charge in [0.1, 0.15) is 11.9 Å². The molecule has 1 saturated carbocycles. The van der Waals surface area contributed by atoms with E-state index in [2.05, 4.69) is 0 Å². The van der Waals surface area contributed by atoms with Crippen LogP contribution in [0.5, 0.6) is 5.75 Å². The van der Waals surface area contributed by atoms with Gasteiger partial charge >= 0.3 is 0 Å². The van der Waals surface area contributed by atoms with Crippen molar-refractivity contribution < 1.29 is 19.0 Å². The Hall–Kier alpha value is -1.39. The van der Waals surface area contributed by atoms with E-state index in [-0.39, 0.29) is 18.0 Å². The van der Waals surface area contributed by atoms with E-state index in [1.807, 2.05) is 24.3 Å². The minimum absolute atomic E-state index is 0.112. The summed E-state index contributed by atoms with van der Waals surface area (Å²) in [4.78, 5) is 11.2. The Kier molecular flexibility index (Phi) is 3.76. The summed E-state index contributed by atoms with van der Waals surface area (Å²) >= 11 is 0. The van der Waals surface area contributed by atoms with Gasteiger partial charge in [0, 0.05) is 13.5 Å². The molecule has 0 aliphatic heterocycles. The fourth-order valence-corrected chi connectivity index (χ4v) is 1.86. The van der Waals surface area contributed by atoms with Crippen molar-refractivity contribution >= 4 is 5.78 Å². The van der Waals surface area contributed by atoms with Crippen molar-refractivity contribution in [2.45, 2.75) is 25.2 Å². The zero-order valence-electron chi connectivity index (χ0n) is 10.0. The number of carbonyl (C=O) groups excluding carboxylic acids is 1.